The predicted molar refractivity (Wildman–Crippen MR) is 74.8 cm³/mol. The van der Waals surface area contributed by atoms with Crippen LogP contribution in [0.3, 0.4) is 0 Å². The lowest BCUT2D eigenvalue weighted by Gasteiger charge is -2.32. The van der Waals surface area contributed by atoms with Gasteiger partial charge in [-0.25, -0.2) is 0 Å². The Kier molecular flexibility index (Phi) is 4.80. The van der Waals surface area contributed by atoms with Crippen LogP contribution in [0.5, 0.6) is 0 Å². The smallest absolute Gasteiger partial charge is 0.102 e. The Bertz CT molecular complexity index is 383. The zero-order valence-corrected chi connectivity index (χ0v) is 11.6. The van der Waals surface area contributed by atoms with Crippen LogP contribution in [0.1, 0.15) is 38.4 Å². The molecule has 3 atom stereocenters. The predicted octanol–water partition coefficient (Wildman–Crippen LogP) is 2.27. The molecule has 3 unspecified atom stereocenters. The summed E-state index contributed by atoms with van der Waals surface area (Å²) >= 11 is 0. The molecule has 1 aliphatic heterocycles. The Morgan fingerprint density at radius 2 is 1.84 bits per heavy atom. The van der Waals surface area contributed by atoms with Crippen LogP contribution in [-0.4, -0.2) is 30.0 Å². The minimum absolute atomic E-state index is 0.169. The Balaban J connectivity index is 1.83. The molecule has 0 radical (unpaired) electrons. The maximum Gasteiger partial charge on any atom is 0.102 e. The lowest BCUT2D eigenvalue weighted by atomic mass is 10.0. The average molecular weight is 265 g/mol. The minimum atomic E-state index is -0.603. The summed E-state index contributed by atoms with van der Waals surface area (Å²) in [6, 6.07) is 7.24. The molecule has 0 amide bonds. The third kappa shape index (κ3) is 4.20. The SMILES string of the molecule is CC1CC(OCC(O)c2ccc(N)cc2)CC(C)O1. The Morgan fingerprint density at radius 1 is 1.26 bits per heavy atom. The molecule has 0 aliphatic carbocycles. The summed E-state index contributed by atoms with van der Waals surface area (Å²) in [5, 5.41) is 10.1. The first-order valence-electron chi connectivity index (χ1n) is 6.85. The number of aliphatic hydroxyl groups is 1. The summed E-state index contributed by atoms with van der Waals surface area (Å²) in [6.07, 6.45) is 1.79. The van der Waals surface area contributed by atoms with Gasteiger partial charge in [0, 0.05) is 5.69 Å². The molecule has 0 bridgehead atoms. The highest BCUT2D eigenvalue weighted by Crippen LogP contribution is 2.23. The molecule has 0 spiro atoms. The lowest BCUT2D eigenvalue weighted by molar-refractivity contribution is -0.113. The summed E-state index contributed by atoms with van der Waals surface area (Å²) in [5.41, 5.74) is 7.16. The third-order valence-electron chi connectivity index (χ3n) is 3.47. The third-order valence-corrected chi connectivity index (χ3v) is 3.47. The summed E-state index contributed by atoms with van der Waals surface area (Å²) < 4.78 is 11.5. The van der Waals surface area contributed by atoms with Gasteiger partial charge in [0.25, 0.3) is 0 Å². The monoisotopic (exact) mass is 265 g/mol. The number of ether oxygens (including phenoxy) is 2. The van der Waals surface area contributed by atoms with Crippen molar-refractivity contribution in [2.75, 3.05) is 12.3 Å². The van der Waals surface area contributed by atoms with Crippen LogP contribution in [0.2, 0.25) is 0 Å². The van der Waals surface area contributed by atoms with Crippen LogP contribution in [0.15, 0.2) is 24.3 Å². The van der Waals surface area contributed by atoms with Crippen LogP contribution in [0, 0.1) is 0 Å². The molecule has 106 valence electrons. The zero-order chi connectivity index (χ0) is 13.8. The summed E-state index contributed by atoms with van der Waals surface area (Å²) in [6.45, 7) is 4.43. The molecule has 0 saturated carbocycles. The highest BCUT2D eigenvalue weighted by atomic mass is 16.5. The van der Waals surface area contributed by atoms with Gasteiger partial charge < -0.3 is 20.3 Å². The van der Waals surface area contributed by atoms with Crippen molar-refractivity contribution in [3.8, 4) is 0 Å². The summed E-state index contributed by atoms with van der Waals surface area (Å²) in [4.78, 5) is 0. The molecule has 0 aromatic heterocycles. The zero-order valence-electron chi connectivity index (χ0n) is 11.6. The molecule has 19 heavy (non-hydrogen) atoms. The van der Waals surface area contributed by atoms with E-state index in [9.17, 15) is 5.11 Å². The van der Waals surface area contributed by atoms with Gasteiger partial charge in [0.15, 0.2) is 0 Å². The van der Waals surface area contributed by atoms with Crippen molar-refractivity contribution >= 4 is 5.69 Å². The van der Waals surface area contributed by atoms with E-state index in [0.717, 1.165) is 18.4 Å². The number of hydrogen-bond acceptors (Lipinski definition) is 4. The number of benzene rings is 1. The molecule has 2 rings (SSSR count). The van der Waals surface area contributed by atoms with Gasteiger partial charge in [0.1, 0.15) is 6.10 Å². The van der Waals surface area contributed by atoms with Crippen molar-refractivity contribution in [1.29, 1.82) is 0 Å². The number of nitrogen functional groups attached to an aromatic ring is 1. The fourth-order valence-electron chi connectivity index (χ4n) is 2.52. The van der Waals surface area contributed by atoms with E-state index in [-0.39, 0.29) is 18.3 Å². The standard InChI is InChI=1S/C15H23NO3/c1-10-7-14(8-11(2)19-10)18-9-15(17)12-3-5-13(16)6-4-12/h3-6,10-11,14-15,17H,7-9,16H2,1-2H3. The second-order valence-electron chi connectivity index (χ2n) is 5.37. The molecule has 4 nitrogen and oxygen atoms in total. The fraction of sp³-hybridized carbons (Fsp3) is 0.600. The second kappa shape index (κ2) is 6.37. The molecule has 3 N–H and O–H groups in total. The average Bonchev–Trinajstić information content (AvgIpc) is 2.36. The van der Waals surface area contributed by atoms with Crippen LogP contribution in [0.25, 0.3) is 0 Å². The normalized spacial score (nSPS) is 29.1. The Morgan fingerprint density at radius 3 is 2.42 bits per heavy atom. The van der Waals surface area contributed by atoms with E-state index in [4.69, 9.17) is 15.2 Å². The van der Waals surface area contributed by atoms with Gasteiger partial charge in [-0.15, -0.1) is 0 Å². The first kappa shape index (κ1) is 14.3. The van der Waals surface area contributed by atoms with Crippen molar-refractivity contribution in [2.24, 2.45) is 0 Å². The van der Waals surface area contributed by atoms with Gasteiger partial charge >= 0.3 is 0 Å². The van der Waals surface area contributed by atoms with Crippen LogP contribution < -0.4 is 5.73 Å². The molecule has 1 aromatic rings. The minimum Gasteiger partial charge on any atom is -0.399 e. The first-order chi connectivity index (χ1) is 9.04. The quantitative estimate of drug-likeness (QED) is 0.820. The summed E-state index contributed by atoms with van der Waals surface area (Å²) in [5.74, 6) is 0. The molecule has 4 heteroatoms. The largest absolute Gasteiger partial charge is 0.399 e. The van der Waals surface area contributed by atoms with E-state index in [2.05, 4.69) is 13.8 Å². The van der Waals surface area contributed by atoms with E-state index in [1.54, 1.807) is 12.1 Å². The van der Waals surface area contributed by atoms with Crippen molar-refractivity contribution in [3.05, 3.63) is 29.8 Å². The van der Waals surface area contributed by atoms with Crippen molar-refractivity contribution < 1.29 is 14.6 Å². The van der Waals surface area contributed by atoms with Gasteiger partial charge in [-0.05, 0) is 44.4 Å². The maximum atomic E-state index is 10.1. The highest BCUT2D eigenvalue weighted by Gasteiger charge is 2.25. The molecule has 1 fully saturated rings. The number of aliphatic hydroxyl groups excluding tert-OH is 1. The van der Waals surface area contributed by atoms with Gasteiger partial charge in [-0.1, -0.05) is 12.1 Å². The molecule has 1 aliphatic rings. The van der Waals surface area contributed by atoms with E-state index in [0.29, 0.717) is 12.3 Å². The van der Waals surface area contributed by atoms with Gasteiger partial charge in [-0.3, -0.25) is 0 Å². The van der Waals surface area contributed by atoms with Crippen molar-refractivity contribution in [2.45, 2.75) is 51.1 Å². The highest BCUT2D eigenvalue weighted by molar-refractivity contribution is 5.39. The number of nitrogens with two attached hydrogens (primary N) is 1. The molecular weight excluding hydrogens is 242 g/mol. The van der Waals surface area contributed by atoms with Crippen LogP contribution in [0.4, 0.5) is 5.69 Å². The first-order valence-corrected chi connectivity index (χ1v) is 6.85. The second-order valence-corrected chi connectivity index (χ2v) is 5.37. The number of hydrogen-bond donors (Lipinski definition) is 2. The lowest BCUT2D eigenvalue weighted by Crippen LogP contribution is -2.34. The van der Waals surface area contributed by atoms with Crippen molar-refractivity contribution in [3.63, 3.8) is 0 Å². The fourth-order valence-corrected chi connectivity index (χ4v) is 2.52. The number of rotatable bonds is 4. The van der Waals surface area contributed by atoms with Gasteiger partial charge in [0.2, 0.25) is 0 Å². The van der Waals surface area contributed by atoms with Gasteiger partial charge in [0.05, 0.1) is 24.9 Å². The number of anilines is 1. The Hall–Kier alpha value is -1.10. The van der Waals surface area contributed by atoms with E-state index >= 15 is 0 Å². The van der Waals surface area contributed by atoms with E-state index in [1.807, 2.05) is 12.1 Å². The molecule has 1 heterocycles. The van der Waals surface area contributed by atoms with E-state index in [1.165, 1.54) is 0 Å². The van der Waals surface area contributed by atoms with Crippen molar-refractivity contribution in [1.82, 2.24) is 0 Å². The van der Waals surface area contributed by atoms with Crippen LogP contribution >= 0.6 is 0 Å². The van der Waals surface area contributed by atoms with Gasteiger partial charge in [-0.2, -0.15) is 0 Å². The topological polar surface area (TPSA) is 64.7 Å². The Labute approximate surface area is 114 Å². The molecular formula is C15H23NO3. The van der Waals surface area contributed by atoms with E-state index < -0.39 is 6.10 Å². The molecule has 1 aromatic carbocycles. The van der Waals surface area contributed by atoms with Crippen LogP contribution in [-0.2, 0) is 9.47 Å². The maximum absolute atomic E-state index is 10.1. The molecule has 1 saturated heterocycles. The summed E-state index contributed by atoms with van der Waals surface area (Å²) in [7, 11) is 0.